The van der Waals surface area contributed by atoms with Gasteiger partial charge in [-0.05, 0) is 28.1 Å². The lowest BCUT2D eigenvalue weighted by molar-refractivity contribution is -0.130. The standard InChI is InChI=1S/C8H5BrCl2O2S/c1-4(12)13-14-6-3-2-5(9)7(10)8(6)11/h2-3H,1H3. The Morgan fingerprint density at radius 3 is 2.64 bits per heavy atom. The molecule has 0 bridgehead atoms. The van der Waals surface area contributed by atoms with E-state index in [9.17, 15) is 4.79 Å². The first kappa shape index (κ1) is 12.2. The molecule has 0 heterocycles. The molecule has 0 saturated heterocycles. The Labute approximate surface area is 104 Å². The maximum Gasteiger partial charge on any atom is 0.315 e. The largest absolute Gasteiger partial charge is 0.386 e. The Morgan fingerprint density at radius 1 is 1.43 bits per heavy atom. The Morgan fingerprint density at radius 2 is 2.07 bits per heavy atom. The molecule has 76 valence electrons. The first-order valence-corrected chi connectivity index (χ1v) is 5.80. The van der Waals surface area contributed by atoms with Crippen molar-refractivity contribution in [2.45, 2.75) is 11.8 Å². The van der Waals surface area contributed by atoms with Crippen molar-refractivity contribution in [2.24, 2.45) is 0 Å². The summed E-state index contributed by atoms with van der Waals surface area (Å²) in [5.74, 6) is -0.384. The highest BCUT2D eigenvalue weighted by atomic mass is 79.9. The molecule has 0 fully saturated rings. The predicted octanol–water partition coefficient (Wildman–Crippen LogP) is 4.33. The highest BCUT2D eigenvalue weighted by Crippen LogP contribution is 2.37. The molecule has 0 N–H and O–H groups in total. The molecule has 0 aliphatic heterocycles. The molecular formula is C8H5BrCl2O2S. The van der Waals surface area contributed by atoms with Gasteiger partial charge >= 0.3 is 5.97 Å². The van der Waals surface area contributed by atoms with Crippen LogP contribution in [0.15, 0.2) is 21.5 Å². The van der Waals surface area contributed by atoms with Crippen LogP contribution in [-0.4, -0.2) is 5.97 Å². The van der Waals surface area contributed by atoms with E-state index < -0.39 is 0 Å². The lowest BCUT2D eigenvalue weighted by Crippen LogP contribution is -1.89. The van der Waals surface area contributed by atoms with Crippen LogP contribution in [0.2, 0.25) is 10.0 Å². The predicted molar refractivity (Wildman–Crippen MR) is 61.8 cm³/mol. The van der Waals surface area contributed by atoms with Crippen molar-refractivity contribution < 1.29 is 8.98 Å². The van der Waals surface area contributed by atoms with Crippen LogP contribution in [0.4, 0.5) is 0 Å². The number of halogens is 3. The summed E-state index contributed by atoms with van der Waals surface area (Å²) in [6.07, 6.45) is 0. The summed E-state index contributed by atoms with van der Waals surface area (Å²) >= 11 is 15.9. The molecule has 0 aliphatic carbocycles. The molecule has 0 saturated carbocycles. The maximum absolute atomic E-state index is 10.6. The van der Waals surface area contributed by atoms with Gasteiger partial charge in [0.2, 0.25) is 0 Å². The van der Waals surface area contributed by atoms with Gasteiger partial charge in [0.25, 0.3) is 0 Å². The summed E-state index contributed by atoms with van der Waals surface area (Å²) < 4.78 is 5.43. The van der Waals surface area contributed by atoms with Crippen LogP contribution in [0.3, 0.4) is 0 Å². The molecule has 1 rings (SSSR count). The molecule has 0 aliphatic rings. The third kappa shape index (κ3) is 3.05. The van der Waals surface area contributed by atoms with Crippen LogP contribution >= 0.6 is 51.2 Å². The Bertz CT molecular complexity index is 371. The average Bonchev–Trinajstić information content (AvgIpc) is 2.13. The number of carbonyl (C=O) groups is 1. The molecule has 0 amide bonds. The second-order valence-electron chi connectivity index (χ2n) is 2.33. The van der Waals surface area contributed by atoms with Crippen molar-refractivity contribution in [3.8, 4) is 0 Å². The summed E-state index contributed by atoms with van der Waals surface area (Å²) in [5.41, 5.74) is 0. The van der Waals surface area contributed by atoms with E-state index in [-0.39, 0.29) is 5.97 Å². The Hall–Kier alpha value is 0.1000. The van der Waals surface area contributed by atoms with Crippen LogP contribution in [0.5, 0.6) is 0 Å². The highest BCUT2D eigenvalue weighted by molar-refractivity contribution is 9.10. The van der Waals surface area contributed by atoms with E-state index in [1.54, 1.807) is 12.1 Å². The van der Waals surface area contributed by atoms with Crippen molar-refractivity contribution in [3.63, 3.8) is 0 Å². The zero-order valence-corrected chi connectivity index (χ0v) is 10.9. The molecule has 6 heteroatoms. The fraction of sp³-hybridized carbons (Fsp3) is 0.125. The normalized spacial score (nSPS) is 10.0. The van der Waals surface area contributed by atoms with Crippen molar-refractivity contribution in [2.75, 3.05) is 0 Å². The first-order chi connectivity index (χ1) is 6.52. The topological polar surface area (TPSA) is 26.3 Å². The van der Waals surface area contributed by atoms with Crippen LogP contribution < -0.4 is 0 Å². The van der Waals surface area contributed by atoms with E-state index in [1.165, 1.54) is 6.92 Å². The molecule has 2 nitrogen and oxygen atoms in total. The van der Waals surface area contributed by atoms with Gasteiger partial charge in [0.05, 0.1) is 27.0 Å². The van der Waals surface area contributed by atoms with E-state index in [0.717, 1.165) is 12.0 Å². The fourth-order valence-corrected chi connectivity index (χ4v) is 2.11. The van der Waals surface area contributed by atoms with Crippen LogP contribution in [0.25, 0.3) is 0 Å². The minimum Gasteiger partial charge on any atom is -0.386 e. The van der Waals surface area contributed by atoms with E-state index >= 15 is 0 Å². The zero-order chi connectivity index (χ0) is 10.7. The lowest BCUT2D eigenvalue weighted by Gasteiger charge is -2.05. The van der Waals surface area contributed by atoms with E-state index in [0.29, 0.717) is 19.4 Å². The third-order valence-electron chi connectivity index (χ3n) is 1.25. The summed E-state index contributed by atoms with van der Waals surface area (Å²) in [5, 5.41) is 0.774. The summed E-state index contributed by atoms with van der Waals surface area (Å²) in [6.45, 7) is 1.32. The summed E-state index contributed by atoms with van der Waals surface area (Å²) in [6, 6.07) is 3.45. The molecule has 1 aromatic carbocycles. The molecule has 14 heavy (non-hydrogen) atoms. The Balaban J connectivity index is 2.88. The lowest BCUT2D eigenvalue weighted by atomic mass is 10.4. The quantitative estimate of drug-likeness (QED) is 0.600. The van der Waals surface area contributed by atoms with Gasteiger partial charge in [-0.1, -0.05) is 23.2 Å². The van der Waals surface area contributed by atoms with Gasteiger partial charge in [0.15, 0.2) is 0 Å². The zero-order valence-electron chi connectivity index (χ0n) is 7.01. The highest BCUT2D eigenvalue weighted by Gasteiger charge is 2.10. The van der Waals surface area contributed by atoms with Crippen molar-refractivity contribution in [3.05, 3.63) is 26.7 Å². The maximum atomic E-state index is 10.6. The molecule has 1 aromatic rings. The van der Waals surface area contributed by atoms with Crippen molar-refractivity contribution in [1.82, 2.24) is 0 Å². The first-order valence-electron chi connectivity index (χ1n) is 3.51. The molecule has 0 radical (unpaired) electrons. The van der Waals surface area contributed by atoms with Crippen LogP contribution in [-0.2, 0) is 8.98 Å². The minimum atomic E-state index is -0.384. The third-order valence-corrected chi connectivity index (χ3v) is 3.97. The number of hydrogen-bond donors (Lipinski definition) is 0. The molecular weight excluding hydrogens is 311 g/mol. The van der Waals surface area contributed by atoms with E-state index in [4.69, 9.17) is 27.4 Å². The van der Waals surface area contributed by atoms with Gasteiger partial charge < -0.3 is 4.18 Å². The SMILES string of the molecule is CC(=O)OSc1ccc(Br)c(Cl)c1Cl. The Kier molecular flexibility index (Phi) is 4.57. The number of hydrogen-bond acceptors (Lipinski definition) is 3. The average molecular weight is 316 g/mol. The second-order valence-corrected chi connectivity index (χ2v) is 4.72. The summed E-state index contributed by atoms with van der Waals surface area (Å²) in [7, 11) is 0. The van der Waals surface area contributed by atoms with Gasteiger partial charge in [-0.2, -0.15) is 0 Å². The smallest absolute Gasteiger partial charge is 0.315 e. The molecule has 0 atom stereocenters. The number of carbonyl (C=O) groups excluding carboxylic acids is 1. The van der Waals surface area contributed by atoms with Crippen molar-refractivity contribution >= 4 is 57.1 Å². The number of rotatable bonds is 2. The molecule has 0 unspecified atom stereocenters. The number of benzene rings is 1. The van der Waals surface area contributed by atoms with Gasteiger partial charge in [-0.3, -0.25) is 4.79 Å². The monoisotopic (exact) mass is 314 g/mol. The van der Waals surface area contributed by atoms with Gasteiger partial charge in [-0.25, -0.2) is 0 Å². The van der Waals surface area contributed by atoms with Gasteiger partial charge in [0, 0.05) is 11.4 Å². The minimum absolute atomic E-state index is 0.368. The fourth-order valence-electron chi connectivity index (χ4n) is 0.676. The van der Waals surface area contributed by atoms with Crippen LogP contribution in [0.1, 0.15) is 6.92 Å². The molecule has 0 spiro atoms. The van der Waals surface area contributed by atoms with Gasteiger partial charge in [-0.15, -0.1) is 0 Å². The van der Waals surface area contributed by atoms with E-state index in [2.05, 4.69) is 15.9 Å². The molecule has 0 aromatic heterocycles. The van der Waals surface area contributed by atoms with Gasteiger partial charge in [0.1, 0.15) is 0 Å². The van der Waals surface area contributed by atoms with Crippen LogP contribution in [0, 0.1) is 0 Å². The summed E-state index contributed by atoms with van der Waals surface area (Å²) in [4.78, 5) is 11.2. The second kappa shape index (κ2) is 5.26. The van der Waals surface area contributed by atoms with Crippen molar-refractivity contribution in [1.29, 1.82) is 0 Å². The van der Waals surface area contributed by atoms with E-state index in [1.807, 2.05) is 0 Å².